The molecule has 0 aliphatic rings. The minimum absolute atomic E-state index is 0.0321. The van der Waals surface area contributed by atoms with E-state index in [1.54, 1.807) is 11.8 Å². The van der Waals surface area contributed by atoms with E-state index in [9.17, 15) is 4.79 Å². The SMILES string of the molecule is Cn1c(CC(=O)NCc2ccccc2)c(Sc2ccccc2)c2ccccc21. The van der Waals surface area contributed by atoms with Crippen molar-refractivity contribution in [2.24, 2.45) is 7.05 Å². The third-order valence-electron chi connectivity index (χ3n) is 4.80. The number of benzene rings is 3. The zero-order chi connectivity index (χ0) is 19.3. The number of amides is 1. The second-order valence-corrected chi connectivity index (χ2v) is 7.79. The fraction of sp³-hybridized carbons (Fsp3) is 0.125. The van der Waals surface area contributed by atoms with Crippen LogP contribution in [0.3, 0.4) is 0 Å². The minimum Gasteiger partial charge on any atom is -0.352 e. The third-order valence-corrected chi connectivity index (χ3v) is 5.97. The molecule has 4 heteroatoms. The lowest BCUT2D eigenvalue weighted by Crippen LogP contribution is -2.25. The molecule has 1 amide bonds. The Kier molecular flexibility index (Phi) is 5.49. The number of carbonyl (C=O) groups is 1. The van der Waals surface area contributed by atoms with Gasteiger partial charge in [0, 0.05) is 40.0 Å². The summed E-state index contributed by atoms with van der Waals surface area (Å²) in [5.74, 6) is 0.0321. The first kappa shape index (κ1) is 18.4. The smallest absolute Gasteiger partial charge is 0.226 e. The van der Waals surface area contributed by atoms with E-state index < -0.39 is 0 Å². The van der Waals surface area contributed by atoms with Crippen LogP contribution in [-0.2, 0) is 24.8 Å². The van der Waals surface area contributed by atoms with Gasteiger partial charge in [0.1, 0.15) is 0 Å². The zero-order valence-corrected chi connectivity index (χ0v) is 16.6. The summed E-state index contributed by atoms with van der Waals surface area (Å²) in [6.07, 6.45) is 0.354. The second-order valence-electron chi connectivity index (χ2n) is 6.71. The van der Waals surface area contributed by atoms with Crippen LogP contribution >= 0.6 is 11.8 Å². The molecule has 0 radical (unpaired) electrons. The highest BCUT2D eigenvalue weighted by molar-refractivity contribution is 7.99. The number of para-hydroxylation sites is 1. The number of hydrogen-bond acceptors (Lipinski definition) is 2. The Morgan fingerprint density at radius 1 is 0.893 bits per heavy atom. The molecule has 0 fully saturated rings. The number of carbonyl (C=O) groups excluding carboxylic acids is 1. The van der Waals surface area contributed by atoms with Crippen molar-refractivity contribution >= 4 is 28.6 Å². The lowest BCUT2D eigenvalue weighted by molar-refractivity contribution is -0.120. The summed E-state index contributed by atoms with van der Waals surface area (Å²) in [6.45, 7) is 0.546. The predicted octanol–water partition coefficient (Wildman–Crippen LogP) is 5.19. The van der Waals surface area contributed by atoms with E-state index in [0.717, 1.165) is 21.7 Å². The Bertz CT molecular complexity index is 1090. The molecule has 1 N–H and O–H groups in total. The van der Waals surface area contributed by atoms with Crippen molar-refractivity contribution in [2.45, 2.75) is 22.8 Å². The third kappa shape index (κ3) is 3.97. The van der Waals surface area contributed by atoms with Crippen LogP contribution < -0.4 is 5.32 Å². The topological polar surface area (TPSA) is 34.0 Å². The largest absolute Gasteiger partial charge is 0.352 e. The molecule has 28 heavy (non-hydrogen) atoms. The number of aryl methyl sites for hydroxylation is 1. The maximum atomic E-state index is 12.7. The van der Waals surface area contributed by atoms with Gasteiger partial charge in [-0.3, -0.25) is 4.79 Å². The van der Waals surface area contributed by atoms with Gasteiger partial charge in [0.05, 0.1) is 6.42 Å². The number of rotatable bonds is 6. The van der Waals surface area contributed by atoms with Gasteiger partial charge in [-0.1, -0.05) is 78.5 Å². The van der Waals surface area contributed by atoms with Gasteiger partial charge >= 0.3 is 0 Å². The highest BCUT2D eigenvalue weighted by atomic mass is 32.2. The van der Waals surface area contributed by atoms with Gasteiger partial charge in [-0.25, -0.2) is 0 Å². The standard InChI is InChI=1S/C24H22N2OS/c1-26-21-15-9-8-14-20(21)24(28-19-12-6-3-7-13-19)22(26)16-23(27)25-17-18-10-4-2-5-11-18/h2-15H,16-17H2,1H3,(H,25,27). The molecular formula is C24H22N2OS. The van der Waals surface area contributed by atoms with Gasteiger partial charge in [-0.2, -0.15) is 0 Å². The van der Waals surface area contributed by atoms with Crippen LogP contribution in [0.15, 0.2) is 94.7 Å². The van der Waals surface area contributed by atoms with Crippen LogP contribution in [0, 0.1) is 0 Å². The van der Waals surface area contributed by atoms with E-state index >= 15 is 0 Å². The van der Waals surface area contributed by atoms with Crippen molar-refractivity contribution in [1.82, 2.24) is 9.88 Å². The van der Waals surface area contributed by atoms with Crippen LogP contribution in [0.5, 0.6) is 0 Å². The average molecular weight is 387 g/mol. The van der Waals surface area contributed by atoms with Crippen LogP contribution in [0.1, 0.15) is 11.3 Å². The lowest BCUT2D eigenvalue weighted by atomic mass is 10.2. The van der Waals surface area contributed by atoms with Crippen LogP contribution in [0.2, 0.25) is 0 Å². The summed E-state index contributed by atoms with van der Waals surface area (Å²) in [6, 6.07) is 28.6. The summed E-state index contributed by atoms with van der Waals surface area (Å²) < 4.78 is 2.14. The van der Waals surface area contributed by atoms with Gasteiger partial charge in [0.15, 0.2) is 0 Å². The number of fused-ring (bicyclic) bond motifs is 1. The number of nitrogens with one attached hydrogen (secondary N) is 1. The zero-order valence-electron chi connectivity index (χ0n) is 15.8. The first-order chi connectivity index (χ1) is 13.7. The average Bonchev–Trinajstić information content (AvgIpc) is 3.00. The van der Waals surface area contributed by atoms with Crippen molar-refractivity contribution in [1.29, 1.82) is 0 Å². The fourth-order valence-corrected chi connectivity index (χ4v) is 4.48. The first-order valence-corrected chi connectivity index (χ1v) is 10.1. The van der Waals surface area contributed by atoms with Crippen molar-refractivity contribution in [3.8, 4) is 0 Å². The predicted molar refractivity (Wildman–Crippen MR) is 115 cm³/mol. The minimum atomic E-state index is 0.0321. The number of aromatic nitrogens is 1. The fourth-order valence-electron chi connectivity index (χ4n) is 3.34. The van der Waals surface area contributed by atoms with Gasteiger partial charge in [-0.15, -0.1) is 0 Å². The van der Waals surface area contributed by atoms with E-state index in [-0.39, 0.29) is 5.91 Å². The molecular weight excluding hydrogens is 364 g/mol. The second kappa shape index (κ2) is 8.36. The summed E-state index contributed by atoms with van der Waals surface area (Å²) in [5, 5.41) is 4.23. The maximum absolute atomic E-state index is 12.7. The molecule has 4 rings (SSSR count). The lowest BCUT2D eigenvalue weighted by Gasteiger charge is -2.09. The molecule has 0 bridgehead atoms. The molecule has 0 spiro atoms. The van der Waals surface area contributed by atoms with Crippen LogP contribution in [0.4, 0.5) is 0 Å². The molecule has 140 valence electrons. The normalized spacial score (nSPS) is 10.9. The molecule has 0 saturated heterocycles. The summed E-state index contributed by atoms with van der Waals surface area (Å²) >= 11 is 1.72. The first-order valence-electron chi connectivity index (χ1n) is 9.32. The van der Waals surface area contributed by atoms with E-state index in [1.807, 2.05) is 61.6 Å². The summed E-state index contributed by atoms with van der Waals surface area (Å²) in [4.78, 5) is 15.0. The van der Waals surface area contributed by atoms with Crippen LogP contribution in [0.25, 0.3) is 10.9 Å². The molecule has 1 aromatic heterocycles. The van der Waals surface area contributed by atoms with E-state index in [4.69, 9.17) is 0 Å². The molecule has 1 heterocycles. The van der Waals surface area contributed by atoms with E-state index in [1.165, 1.54) is 10.3 Å². The molecule has 3 aromatic carbocycles. The Morgan fingerprint density at radius 3 is 2.29 bits per heavy atom. The molecule has 0 saturated carbocycles. The van der Waals surface area contributed by atoms with Gasteiger partial charge in [0.2, 0.25) is 5.91 Å². The highest BCUT2D eigenvalue weighted by Gasteiger charge is 2.18. The highest BCUT2D eigenvalue weighted by Crippen LogP contribution is 2.38. The van der Waals surface area contributed by atoms with E-state index in [2.05, 4.69) is 40.2 Å². The number of nitrogens with zero attached hydrogens (tertiary/aromatic N) is 1. The Hall–Kier alpha value is -2.98. The quantitative estimate of drug-likeness (QED) is 0.495. The van der Waals surface area contributed by atoms with Gasteiger partial charge in [0.25, 0.3) is 0 Å². The Labute approximate surface area is 169 Å². The molecule has 0 aliphatic heterocycles. The number of hydrogen-bond donors (Lipinski definition) is 1. The molecule has 4 aromatic rings. The van der Waals surface area contributed by atoms with Crippen molar-refractivity contribution in [2.75, 3.05) is 0 Å². The molecule has 0 unspecified atom stereocenters. The molecule has 0 aliphatic carbocycles. The van der Waals surface area contributed by atoms with Crippen molar-refractivity contribution in [3.63, 3.8) is 0 Å². The van der Waals surface area contributed by atoms with Gasteiger partial charge in [-0.05, 0) is 23.8 Å². The summed E-state index contributed by atoms with van der Waals surface area (Å²) in [7, 11) is 2.04. The Balaban J connectivity index is 1.61. The van der Waals surface area contributed by atoms with Crippen LogP contribution in [-0.4, -0.2) is 10.5 Å². The van der Waals surface area contributed by atoms with Crippen molar-refractivity contribution in [3.05, 3.63) is 96.2 Å². The van der Waals surface area contributed by atoms with E-state index in [0.29, 0.717) is 13.0 Å². The van der Waals surface area contributed by atoms with Gasteiger partial charge < -0.3 is 9.88 Å². The van der Waals surface area contributed by atoms with Crippen molar-refractivity contribution < 1.29 is 4.79 Å². The maximum Gasteiger partial charge on any atom is 0.226 e. The molecule has 3 nitrogen and oxygen atoms in total. The monoisotopic (exact) mass is 386 g/mol. The Morgan fingerprint density at radius 2 is 1.54 bits per heavy atom. The summed E-state index contributed by atoms with van der Waals surface area (Å²) in [5.41, 5.74) is 3.29. The molecule has 0 atom stereocenters.